The molecule has 0 saturated heterocycles. The maximum Gasteiger partial charge on any atom is 0.252 e. The normalized spacial score (nSPS) is 11.2. The second kappa shape index (κ2) is 5.81. The predicted molar refractivity (Wildman–Crippen MR) is 86.2 cm³/mol. The minimum atomic E-state index is 0.169. The van der Waals surface area contributed by atoms with Crippen molar-refractivity contribution in [2.45, 2.75) is 6.92 Å². The number of aliphatic imine (C=N–C) groups is 1. The molecule has 0 aliphatic heterocycles. The second-order valence-electron chi connectivity index (χ2n) is 4.87. The van der Waals surface area contributed by atoms with Crippen molar-refractivity contribution >= 4 is 22.9 Å². The van der Waals surface area contributed by atoms with Gasteiger partial charge in [0.25, 0.3) is 5.95 Å². The molecule has 0 aliphatic rings. The Hall–Kier alpha value is -2.95. The molecule has 1 N–H and O–H groups in total. The number of hydrogen-bond acceptors (Lipinski definition) is 5. The third kappa shape index (κ3) is 2.88. The molecule has 110 valence electrons. The van der Waals surface area contributed by atoms with Gasteiger partial charge in [-0.3, -0.25) is 0 Å². The fourth-order valence-corrected chi connectivity index (χ4v) is 2.16. The van der Waals surface area contributed by atoms with Crippen molar-refractivity contribution in [2.24, 2.45) is 4.99 Å². The van der Waals surface area contributed by atoms with E-state index in [0.29, 0.717) is 17.4 Å². The highest BCUT2D eigenvalue weighted by molar-refractivity contribution is 5.94. The zero-order valence-electron chi connectivity index (χ0n) is 12.3. The van der Waals surface area contributed by atoms with Crippen molar-refractivity contribution in [1.82, 2.24) is 9.97 Å². The molecule has 2 aromatic carbocycles. The standard InChI is InChI=1S/C17H15N3O2/c1-11-7-16(22-2)20-17(19-11)18-10-14-8-12-5-3-4-6-13(12)9-15(14)21/h3-10,21H,1-2H3/b18-10+. The van der Waals surface area contributed by atoms with Crippen LogP contribution in [0.2, 0.25) is 0 Å². The van der Waals surface area contributed by atoms with Crippen LogP contribution in [0.25, 0.3) is 10.8 Å². The second-order valence-corrected chi connectivity index (χ2v) is 4.87. The van der Waals surface area contributed by atoms with Gasteiger partial charge in [0.15, 0.2) is 0 Å². The van der Waals surface area contributed by atoms with Crippen molar-refractivity contribution in [3.63, 3.8) is 0 Å². The van der Waals surface area contributed by atoms with Crippen molar-refractivity contribution < 1.29 is 9.84 Å². The molecule has 0 amide bonds. The number of fused-ring (bicyclic) bond motifs is 1. The average molecular weight is 293 g/mol. The molecule has 0 radical (unpaired) electrons. The van der Waals surface area contributed by atoms with Crippen LogP contribution in [0.4, 0.5) is 5.95 Å². The van der Waals surface area contributed by atoms with Crippen LogP contribution < -0.4 is 4.74 Å². The van der Waals surface area contributed by atoms with Crippen molar-refractivity contribution in [2.75, 3.05) is 7.11 Å². The molecule has 5 heteroatoms. The topological polar surface area (TPSA) is 67.6 Å². The third-order valence-electron chi connectivity index (χ3n) is 3.24. The summed E-state index contributed by atoms with van der Waals surface area (Å²) in [6, 6.07) is 13.1. The molecule has 5 nitrogen and oxygen atoms in total. The van der Waals surface area contributed by atoms with Crippen molar-refractivity contribution in [3.8, 4) is 11.6 Å². The zero-order chi connectivity index (χ0) is 15.5. The van der Waals surface area contributed by atoms with Gasteiger partial charge in [-0.05, 0) is 29.8 Å². The van der Waals surface area contributed by atoms with E-state index in [4.69, 9.17) is 4.74 Å². The first-order chi connectivity index (χ1) is 10.7. The third-order valence-corrected chi connectivity index (χ3v) is 3.24. The molecule has 1 aromatic heterocycles. The number of ether oxygens (including phenoxy) is 1. The molecule has 0 atom stereocenters. The summed E-state index contributed by atoms with van der Waals surface area (Å²) >= 11 is 0. The van der Waals surface area contributed by atoms with Gasteiger partial charge >= 0.3 is 0 Å². The molecule has 22 heavy (non-hydrogen) atoms. The van der Waals surface area contributed by atoms with E-state index in [0.717, 1.165) is 16.5 Å². The summed E-state index contributed by atoms with van der Waals surface area (Å²) in [7, 11) is 1.55. The number of aromatic hydroxyl groups is 1. The largest absolute Gasteiger partial charge is 0.507 e. The van der Waals surface area contributed by atoms with Crippen LogP contribution in [0.3, 0.4) is 0 Å². The lowest BCUT2D eigenvalue weighted by atomic mass is 10.1. The number of rotatable bonds is 3. The Morgan fingerprint density at radius 1 is 1.09 bits per heavy atom. The first-order valence-corrected chi connectivity index (χ1v) is 6.81. The number of methoxy groups -OCH3 is 1. The summed E-state index contributed by atoms with van der Waals surface area (Å²) in [4.78, 5) is 12.6. The van der Waals surface area contributed by atoms with Gasteiger partial charge in [-0.15, -0.1) is 0 Å². The van der Waals surface area contributed by atoms with E-state index < -0.39 is 0 Å². The minimum Gasteiger partial charge on any atom is -0.507 e. The zero-order valence-corrected chi connectivity index (χ0v) is 12.3. The number of hydrogen-bond donors (Lipinski definition) is 1. The van der Waals surface area contributed by atoms with Crippen LogP contribution in [0.1, 0.15) is 11.3 Å². The molecule has 0 spiro atoms. The Labute approximate surface area is 128 Å². The molecule has 0 fully saturated rings. The Kier molecular flexibility index (Phi) is 3.70. The SMILES string of the molecule is COc1cc(C)nc(/N=C/c2cc3ccccc3cc2O)n1. The van der Waals surface area contributed by atoms with E-state index in [1.165, 1.54) is 0 Å². The highest BCUT2D eigenvalue weighted by atomic mass is 16.5. The molecular weight excluding hydrogens is 278 g/mol. The van der Waals surface area contributed by atoms with Crippen molar-refractivity contribution in [1.29, 1.82) is 0 Å². The van der Waals surface area contributed by atoms with Crippen LogP contribution in [-0.2, 0) is 0 Å². The maximum atomic E-state index is 10.1. The number of phenolic OH excluding ortho intramolecular Hbond substituents is 1. The molecule has 3 aromatic rings. The molecule has 1 heterocycles. The quantitative estimate of drug-likeness (QED) is 0.751. The van der Waals surface area contributed by atoms with Gasteiger partial charge in [0.2, 0.25) is 5.88 Å². The summed E-state index contributed by atoms with van der Waals surface area (Å²) in [5, 5.41) is 12.1. The molecule has 0 saturated carbocycles. The van der Waals surface area contributed by atoms with E-state index in [2.05, 4.69) is 15.0 Å². The first-order valence-electron chi connectivity index (χ1n) is 6.81. The fraction of sp³-hybridized carbons (Fsp3) is 0.118. The van der Waals surface area contributed by atoms with Gasteiger partial charge in [-0.1, -0.05) is 24.3 Å². The van der Waals surface area contributed by atoms with Gasteiger partial charge in [0, 0.05) is 23.5 Å². The molecular formula is C17H15N3O2. The Morgan fingerprint density at radius 2 is 1.82 bits per heavy atom. The van der Waals surface area contributed by atoms with Crippen LogP contribution in [-0.4, -0.2) is 28.4 Å². The Balaban J connectivity index is 1.98. The number of benzene rings is 2. The fourth-order valence-electron chi connectivity index (χ4n) is 2.16. The van der Waals surface area contributed by atoms with Gasteiger partial charge in [-0.25, -0.2) is 9.98 Å². The van der Waals surface area contributed by atoms with Gasteiger partial charge < -0.3 is 9.84 Å². The van der Waals surface area contributed by atoms with Crippen LogP contribution in [0.15, 0.2) is 47.5 Å². The van der Waals surface area contributed by atoms with E-state index in [1.807, 2.05) is 37.3 Å². The average Bonchev–Trinajstić information content (AvgIpc) is 2.52. The van der Waals surface area contributed by atoms with Gasteiger partial charge in [0.05, 0.1) is 7.11 Å². The first kappa shape index (κ1) is 14.0. The monoisotopic (exact) mass is 293 g/mol. The van der Waals surface area contributed by atoms with Crippen LogP contribution in [0.5, 0.6) is 11.6 Å². The maximum absolute atomic E-state index is 10.1. The summed E-state index contributed by atoms with van der Waals surface area (Å²) < 4.78 is 5.09. The minimum absolute atomic E-state index is 0.169. The molecule has 3 rings (SSSR count). The van der Waals surface area contributed by atoms with E-state index in [9.17, 15) is 5.11 Å². The summed E-state index contributed by atoms with van der Waals surface area (Å²) in [5.74, 6) is 0.925. The number of aromatic nitrogens is 2. The molecule has 0 bridgehead atoms. The van der Waals surface area contributed by atoms with Crippen molar-refractivity contribution in [3.05, 3.63) is 53.7 Å². The smallest absolute Gasteiger partial charge is 0.252 e. The summed E-state index contributed by atoms with van der Waals surface area (Å²) in [6.07, 6.45) is 1.55. The van der Waals surface area contributed by atoms with Gasteiger partial charge in [0.1, 0.15) is 5.75 Å². The molecule has 0 unspecified atom stereocenters. The summed E-state index contributed by atoms with van der Waals surface area (Å²) in [5.41, 5.74) is 1.38. The van der Waals surface area contributed by atoms with E-state index in [1.54, 1.807) is 25.5 Å². The van der Waals surface area contributed by atoms with Crippen LogP contribution in [0, 0.1) is 6.92 Å². The lowest BCUT2D eigenvalue weighted by Crippen LogP contribution is -1.92. The number of phenols is 1. The van der Waals surface area contributed by atoms with Crippen LogP contribution >= 0.6 is 0 Å². The lowest BCUT2D eigenvalue weighted by Gasteiger charge is -2.03. The summed E-state index contributed by atoms with van der Waals surface area (Å²) in [6.45, 7) is 1.84. The molecule has 0 aliphatic carbocycles. The highest BCUT2D eigenvalue weighted by Crippen LogP contribution is 2.24. The Bertz CT molecular complexity index is 860. The number of nitrogens with zero attached hydrogens (tertiary/aromatic N) is 3. The Morgan fingerprint density at radius 3 is 2.55 bits per heavy atom. The predicted octanol–water partition coefficient (Wildman–Crippen LogP) is 3.40. The van der Waals surface area contributed by atoms with E-state index in [-0.39, 0.29) is 5.75 Å². The van der Waals surface area contributed by atoms with E-state index >= 15 is 0 Å². The van der Waals surface area contributed by atoms with Gasteiger partial charge in [-0.2, -0.15) is 4.98 Å². The highest BCUT2D eigenvalue weighted by Gasteiger charge is 2.03. The number of aryl methyl sites for hydroxylation is 1. The lowest BCUT2D eigenvalue weighted by molar-refractivity contribution is 0.397.